The van der Waals surface area contributed by atoms with Crippen LogP contribution in [0, 0.1) is 5.92 Å². The molecule has 1 aromatic carbocycles. The Morgan fingerprint density at radius 2 is 1.85 bits per heavy atom. The molecule has 206 valence electrons. The number of hydrogen-bond acceptors (Lipinski definition) is 6. The summed E-state index contributed by atoms with van der Waals surface area (Å²) in [6, 6.07) is 10.2. The highest BCUT2D eigenvalue weighted by atomic mass is 16.3. The fourth-order valence-corrected chi connectivity index (χ4v) is 4.38. The Morgan fingerprint density at radius 3 is 2.56 bits per heavy atom. The molecular weight excluding hydrogens is 500 g/mol. The Balaban J connectivity index is 1.62. The molecule has 2 bridgehead atoms. The number of H-pyrrole nitrogens is 1. The Bertz CT molecular complexity index is 1270. The monoisotopic (exact) mass is 534 g/mol. The van der Waals surface area contributed by atoms with Crippen LogP contribution in [0.4, 0.5) is 0 Å². The topological polar surface area (TPSA) is 158 Å². The van der Waals surface area contributed by atoms with Crippen molar-refractivity contribution in [2.24, 2.45) is 5.92 Å². The molecule has 0 spiro atoms. The molecular formula is C28H34N6O5. The van der Waals surface area contributed by atoms with Crippen molar-refractivity contribution < 1.29 is 23.6 Å². The lowest BCUT2D eigenvalue weighted by Gasteiger charge is -2.26. The van der Waals surface area contributed by atoms with E-state index in [1.165, 1.54) is 6.26 Å². The molecule has 11 heteroatoms. The van der Waals surface area contributed by atoms with Gasteiger partial charge in [0.25, 0.3) is 11.8 Å². The highest BCUT2D eigenvalue weighted by molar-refractivity contribution is 5.97. The molecule has 1 aliphatic heterocycles. The maximum Gasteiger partial charge on any atom is 0.273 e. The van der Waals surface area contributed by atoms with Crippen molar-refractivity contribution in [3.05, 3.63) is 77.8 Å². The van der Waals surface area contributed by atoms with Crippen molar-refractivity contribution in [1.82, 2.24) is 31.2 Å². The van der Waals surface area contributed by atoms with Crippen molar-refractivity contribution in [3.8, 4) is 0 Å². The minimum absolute atomic E-state index is 0.122. The number of nitrogens with zero attached hydrogens (tertiary/aromatic N) is 1. The summed E-state index contributed by atoms with van der Waals surface area (Å²) >= 11 is 0. The standard InChI is InChI=1S/C28H34N6O5/c1-17(2)23-28-33-22(16-39-28)24(35)30-13-7-6-11-20(31-25(36)19-12-8-14-29-19)26(37)32-21(27(38)34-23)15-18-9-4-3-5-10-18/h3-5,8-10,12,14,16-17,20-21,23,29H,6-7,11,13,15H2,1-2H3,(H,30,35)(H,31,36)(H,32,37)(H,34,38)/t20-,21-,23-/m0/s1. The molecule has 11 nitrogen and oxygen atoms in total. The maximum absolute atomic E-state index is 13.6. The molecule has 0 saturated carbocycles. The number of aromatic nitrogens is 2. The molecule has 5 N–H and O–H groups in total. The molecule has 3 atom stereocenters. The van der Waals surface area contributed by atoms with E-state index in [0.717, 1.165) is 5.56 Å². The van der Waals surface area contributed by atoms with Crippen LogP contribution < -0.4 is 21.3 Å². The van der Waals surface area contributed by atoms with Gasteiger partial charge >= 0.3 is 0 Å². The second-order valence-electron chi connectivity index (χ2n) is 9.91. The van der Waals surface area contributed by atoms with Gasteiger partial charge < -0.3 is 30.7 Å². The molecule has 2 aromatic heterocycles. The normalized spacial score (nSPS) is 21.1. The summed E-state index contributed by atoms with van der Waals surface area (Å²) in [6.07, 6.45) is 4.56. The number of amides is 4. The fourth-order valence-electron chi connectivity index (χ4n) is 4.38. The van der Waals surface area contributed by atoms with E-state index in [4.69, 9.17) is 4.42 Å². The molecule has 4 rings (SSSR count). The summed E-state index contributed by atoms with van der Waals surface area (Å²) in [6.45, 7) is 4.15. The summed E-state index contributed by atoms with van der Waals surface area (Å²) in [4.78, 5) is 59.6. The van der Waals surface area contributed by atoms with Gasteiger partial charge in [-0.2, -0.15) is 0 Å². The van der Waals surface area contributed by atoms with Crippen LogP contribution >= 0.6 is 0 Å². The van der Waals surface area contributed by atoms with Gasteiger partial charge in [0.15, 0.2) is 5.69 Å². The zero-order valence-electron chi connectivity index (χ0n) is 22.0. The van der Waals surface area contributed by atoms with Gasteiger partial charge in [-0.3, -0.25) is 19.2 Å². The van der Waals surface area contributed by atoms with Gasteiger partial charge in [0.1, 0.15) is 30.1 Å². The molecule has 3 heterocycles. The molecule has 0 fully saturated rings. The van der Waals surface area contributed by atoms with Crippen molar-refractivity contribution in [2.45, 2.75) is 57.7 Å². The number of hydrogen-bond donors (Lipinski definition) is 5. The van der Waals surface area contributed by atoms with Crippen LogP contribution in [0.1, 0.15) is 71.6 Å². The third-order valence-electron chi connectivity index (χ3n) is 6.57. The first-order chi connectivity index (χ1) is 18.8. The summed E-state index contributed by atoms with van der Waals surface area (Å²) in [7, 11) is 0. The highest BCUT2D eigenvalue weighted by Gasteiger charge is 2.31. The molecule has 0 aliphatic carbocycles. The van der Waals surface area contributed by atoms with Crippen LogP contribution in [-0.2, 0) is 16.0 Å². The van der Waals surface area contributed by atoms with Crippen molar-refractivity contribution in [1.29, 1.82) is 0 Å². The van der Waals surface area contributed by atoms with E-state index >= 15 is 0 Å². The van der Waals surface area contributed by atoms with Crippen molar-refractivity contribution >= 4 is 23.6 Å². The Kier molecular flexibility index (Phi) is 9.14. The number of rotatable bonds is 5. The third kappa shape index (κ3) is 7.34. The van der Waals surface area contributed by atoms with E-state index in [0.29, 0.717) is 31.5 Å². The summed E-state index contributed by atoms with van der Waals surface area (Å²) in [5.74, 6) is -1.63. The van der Waals surface area contributed by atoms with Gasteiger partial charge in [0, 0.05) is 19.2 Å². The lowest BCUT2D eigenvalue weighted by Crippen LogP contribution is -2.55. The van der Waals surface area contributed by atoms with Gasteiger partial charge in [-0.1, -0.05) is 44.2 Å². The minimum Gasteiger partial charge on any atom is -0.446 e. The number of benzene rings is 1. The number of aromatic amines is 1. The molecule has 0 radical (unpaired) electrons. The molecule has 0 saturated heterocycles. The Hall–Kier alpha value is -4.41. The second kappa shape index (κ2) is 12.9. The SMILES string of the molecule is CC(C)[C@@H]1NC(=O)[C@H](Cc2ccccc2)NC(=O)[C@@H](NC(=O)c2ccc[nH]2)CCCCNC(=O)c2coc1n2. The largest absolute Gasteiger partial charge is 0.446 e. The maximum atomic E-state index is 13.6. The number of nitrogens with one attached hydrogen (secondary N) is 5. The number of carbonyl (C=O) groups excluding carboxylic acids is 4. The van der Waals surface area contributed by atoms with Gasteiger partial charge in [0.05, 0.1) is 0 Å². The lowest BCUT2D eigenvalue weighted by molar-refractivity contribution is -0.130. The van der Waals surface area contributed by atoms with Gasteiger partial charge in [-0.05, 0) is 42.9 Å². The number of fused-ring (bicyclic) bond motifs is 2. The fraction of sp³-hybridized carbons (Fsp3) is 0.393. The summed E-state index contributed by atoms with van der Waals surface area (Å²) in [5.41, 5.74) is 1.31. The molecule has 1 aliphatic rings. The third-order valence-corrected chi connectivity index (χ3v) is 6.57. The Morgan fingerprint density at radius 1 is 1.05 bits per heavy atom. The van der Waals surface area contributed by atoms with Crippen LogP contribution in [0.15, 0.2) is 59.3 Å². The van der Waals surface area contributed by atoms with Gasteiger partial charge in [-0.25, -0.2) is 4.98 Å². The quantitative estimate of drug-likeness (QED) is 0.338. The van der Waals surface area contributed by atoms with Crippen LogP contribution in [0.5, 0.6) is 0 Å². The van der Waals surface area contributed by atoms with Crippen molar-refractivity contribution in [2.75, 3.05) is 6.54 Å². The lowest BCUT2D eigenvalue weighted by atomic mass is 10.0. The summed E-state index contributed by atoms with van der Waals surface area (Å²) < 4.78 is 5.58. The first-order valence-corrected chi connectivity index (χ1v) is 13.1. The first kappa shape index (κ1) is 27.6. The van der Waals surface area contributed by atoms with Crippen molar-refractivity contribution in [3.63, 3.8) is 0 Å². The van der Waals surface area contributed by atoms with Crippen LogP contribution in [0.2, 0.25) is 0 Å². The minimum atomic E-state index is -0.934. The van der Waals surface area contributed by atoms with Gasteiger partial charge in [-0.15, -0.1) is 0 Å². The van der Waals surface area contributed by atoms with E-state index in [9.17, 15) is 19.2 Å². The average Bonchev–Trinajstić information content (AvgIpc) is 3.63. The highest BCUT2D eigenvalue weighted by Crippen LogP contribution is 2.22. The number of carbonyl (C=O) groups is 4. The van der Waals surface area contributed by atoms with E-state index < -0.39 is 35.8 Å². The Labute approximate surface area is 226 Å². The van der Waals surface area contributed by atoms with E-state index in [-0.39, 0.29) is 29.8 Å². The smallest absolute Gasteiger partial charge is 0.273 e. The predicted octanol–water partition coefficient (Wildman–Crippen LogP) is 2.26. The predicted molar refractivity (Wildman–Crippen MR) is 143 cm³/mol. The molecule has 39 heavy (non-hydrogen) atoms. The molecule has 4 amide bonds. The molecule has 3 aromatic rings. The second-order valence-corrected chi connectivity index (χ2v) is 9.91. The average molecular weight is 535 g/mol. The molecule has 0 unspecified atom stereocenters. The van der Waals surface area contributed by atoms with Crippen LogP contribution in [-0.4, -0.2) is 52.2 Å². The summed E-state index contributed by atoms with van der Waals surface area (Å²) in [5, 5.41) is 11.4. The zero-order chi connectivity index (χ0) is 27.8. The first-order valence-electron chi connectivity index (χ1n) is 13.1. The van der Waals surface area contributed by atoms with E-state index in [1.54, 1.807) is 18.3 Å². The van der Waals surface area contributed by atoms with Crippen LogP contribution in [0.25, 0.3) is 0 Å². The van der Waals surface area contributed by atoms with E-state index in [2.05, 4.69) is 31.2 Å². The number of oxazole rings is 1. The zero-order valence-corrected chi connectivity index (χ0v) is 22.0. The van der Waals surface area contributed by atoms with E-state index in [1.807, 2.05) is 44.2 Å². The van der Waals surface area contributed by atoms with Crippen LogP contribution in [0.3, 0.4) is 0 Å². The van der Waals surface area contributed by atoms with Gasteiger partial charge in [0.2, 0.25) is 17.7 Å².